The van der Waals surface area contributed by atoms with Gasteiger partial charge in [0.2, 0.25) is 5.91 Å². The Hall–Kier alpha value is -1.98. The molecule has 0 unspecified atom stereocenters. The highest BCUT2D eigenvalue weighted by Crippen LogP contribution is 2.51. The van der Waals surface area contributed by atoms with Crippen LogP contribution in [0.25, 0.3) is 0 Å². The largest absolute Gasteiger partial charge is 0.481 e. The topological polar surface area (TPSA) is 57.6 Å². The summed E-state index contributed by atoms with van der Waals surface area (Å²) in [5, 5.41) is 9.03. The van der Waals surface area contributed by atoms with Crippen molar-refractivity contribution in [1.29, 1.82) is 0 Å². The maximum Gasteiger partial charge on any atom is 0.308 e. The molecule has 1 amide bonds. The third-order valence-corrected chi connectivity index (χ3v) is 4.64. The van der Waals surface area contributed by atoms with Crippen LogP contribution in [0.4, 0.5) is 8.78 Å². The molecule has 4 nitrogen and oxygen atoms in total. The Labute approximate surface area is 133 Å². The quantitative estimate of drug-likeness (QED) is 0.876. The van der Waals surface area contributed by atoms with E-state index in [-0.39, 0.29) is 24.1 Å². The lowest BCUT2D eigenvalue weighted by Crippen LogP contribution is -2.39. The van der Waals surface area contributed by atoms with E-state index in [9.17, 15) is 18.4 Å². The minimum absolute atomic E-state index is 0.0205. The second-order valence-corrected chi connectivity index (χ2v) is 6.55. The zero-order chi connectivity index (χ0) is 16.7. The first-order valence-corrected chi connectivity index (χ1v) is 7.87. The summed E-state index contributed by atoms with van der Waals surface area (Å²) in [4.78, 5) is 25.3. The molecule has 0 aromatic heterocycles. The number of carbonyl (C=O) groups excluding carboxylic acids is 1. The van der Waals surface area contributed by atoms with Crippen LogP contribution in [-0.4, -0.2) is 34.5 Å². The van der Waals surface area contributed by atoms with E-state index >= 15 is 0 Å². The summed E-state index contributed by atoms with van der Waals surface area (Å²) in [6.07, 6.45) is 2.15. The molecular weight excluding hydrogens is 304 g/mol. The van der Waals surface area contributed by atoms with Gasteiger partial charge in [-0.05, 0) is 31.4 Å². The van der Waals surface area contributed by atoms with Gasteiger partial charge in [-0.25, -0.2) is 8.78 Å². The van der Waals surface area contributed by atoms with Crippen LogP contribution in [0, 0.1) is 23.5 Å². The van der Waals surface area contributed by atoms with Crippen molar-refractivity contribution in [2.24, 2.45) is 11.8 Å². The summed E-state index contributed by atoms with van der Waals surface area (Å²) < 4.78 is 27.6. The maximum atomic E-state index is 13.8. The highest BCUT2D eigenvalue weighted by molar-refractivity contribution is 5.84. The van der Waals surface area contributed by atoms with Crippen LogP contribution in [0.1, 0.15) is 37.7 Å². The second kappa shape index (κ2) is 5.91. The Morgan fingerprint density at radius 3 is 2.43 bits per heavy atom. The number of rotatable bonds is 6. The lowest BCUT2D eigenvalue weighted by Gasteiger charge is -2.24. The smallest absolute Gasteiger partial charge is 0.308 e. The number of carboxylic acid groups (broad SMARTS) is 1. The molecule has 3 atom stereocenters. The molecule has 0 radical (unpaired) electrons. The molecular formula is C17H19F2NO3. The average molecular weight is 323 g/mol. The fourth-order valence-corrected chi connectivity index (χ4v) is 3.04. The summed E-state index contributed by atoms with van der Waals surface area (Å²) in [5.74, 6) is -3.90. The van der Waals surface area contributed by atoms with Gasteiger partial charge < -0.3 is 10.0 Å². The monoisotopic (exact) mass is 323 g/mol. The van der Waals surface area contributed by atoms with Crippen molar-refractivity contribution in [2.75, 3.05) is 6.54 Å². The summed E-state index contributed by atoms with van der Waals surface area (Å²) in [5.41, 5.74) is -0.0205. The Kier molecular flexibility index (Phi) is 4.08. The molecule has 0 aliphatic heterocycles. The van der Waals surface area contributed by atoms with Crippen LogP contribution in [0.2, 0.25) is 0 Å². The molecule has 1 aromatic rings. The summed E-state index contributed by atoms with van der Waals surface area (Å²) in [7, 11) is 0. The van der Waals surface area contributed by atoms with E-state index in [2.05, 4.69) is 0 Å². The molecule has 0 saturated heterocycles. The molecule has 1 N–H and O–H groups in total. The van der Waals surface area contributed by atoms with Crippen LogP contribution in [0.15, 0.2) is 18.2 Å². The molecule has 2 saturated carbocycles. The van der Waals surface area contributed by atoms with Crippen molar-refractivity contribution in [1.82, 2.24) is 4.90 Å². The van der Waals surface area contributed by atoms with Crippen LogP contribution in [0.3, 0.4) is 0 Å². The number of carboxylic acids is 1. The Morgan fingerprint density at radius 1 is 1.30 bits per heavy atom. The predicted molar refractivity (Wildman–Crippen MR) is 78.7 cm³/mol. The van der Waals surface area contributed by atoms with E-state index in [0.717, 1.165) is 12.8 Å². The van der Waals surface area contributed by atoms with Gasteiger partial charge in [-0.2, -0.15) is 0 Å². The molecule has 6 heteroatoms. The van der Waals surface area contributed by atoms with E-state index < -0.39 is 35.4 Å². The average Bonchev–Trinajstić information content (AvgIpc) is 3.36. The molecule has 2 fully saturated rings. The summed E-state index contributed by atoms with van der Waals surface area (Å²) >= 11 is 0. The number of aliphatic carboxylic acids is 1. The number of amides is 1. The Morgan fingerprint density at radius 2 is 1.91 bits per heavy atom. The number of hydrogen-bond donors (Lipinski definition) is 1. The Balaban J connectivity index is 1.72. The van der Waals surface area contributed by atoms with Gasteiger partial charge in [0.15, 0.2) is 0 Å². The van der Waals surface area contributed by atoms with Crippen LogP contribution in [0.5, 0.6) is 0 Å². The van der Waals surface area contributed by atoms with Crippen molar-refractivity contribution in [3.63, 3.8) is 0 Å². The first-order chi connectivity index (χ1) is 10.9. The molecule has 0 heterocycles. The van der Waals surface area contributed by atoms with E-state index in [1.807, 2.05) is 0 Å². The molecule has 2 aliphatic carbocycles. The fourth-order valence-electron chi connectivity index (χ4n) is 3.04. The first-order valence-electron chi connectivity index (χ1n) is 7.87. The third-order valence-electron chi connectivity index (χ3n) is 4.64. The zero-order valence-electron chi connectivity index (χ0n) is 12.8. The van der Waals surface area contributed by atoms with Crippen molar-refractivity contribution in [2.45, 2.75) is 38.1 Å². The van der Waals surface area contributed by atoms with E-state index in [1.165, 1.54) is 18.2 Å². The standard InChI is InChI=1S/C17H19F2NO3/c1-9(17(22)23)8-20(10-5-6-10)16(21)12-7-11(12)15-13(18)3-2-4-14(15)19/h2-4,9-12H,5-8H2,1H3,(H,22,23)/t9-,11+,12-/m1/s1. The summed E-state index contributed by atoms with van der Waals surface area (Å²) in [6.45, 7) is 1.72. The van der Waals surface area contributed by atoms with Gasteiger partial charge >= 0.3 is 5.97 Å². The molecule has 3 rings (SSSR count). The fraction of sp³-hybridized carbons (Fsp3) is 0.529. The highest BCUT2D eigenvalue weighted by Gasteiger charge is 2.50. The number of benzene rings is 1. The molecule has 0 spiro atoms. The van der Waals surface area contributed by atoms with Gasteiger partial charge in [-0.15, -0.1) is 0 Å². The predicted octanol–water partition coefficient (Wildman–Crippen LogP) is 2.78. The normalized spacial score (nSPS) is 24.1. The number of halogens is 2. The van der Waals surface area contributed by atoms with E-state index in [1.54, 1.807) is 11.8 Å². The summed E-state index contributed by atoms with van der Waals surface area (Å²) in [6, 6.07) is 3.78. The van der Waals surface area contributed by atoms with Crippen LogP contribution < -0.4 is 0 Å². The van der Waals surface area contributed by atoms with E-state index in [4.69, 9.17) is 5.11 Å². The Bertz CT molecular complexity index is 624. The molecule has 23 heavy (non-hydrogen) atoms. The zero-order valence-corrected chi connectivity index (χ0v) is 12.8. The van der Waals surface area contributed by atoms with Gasteiger partial charge in [0, 0.05) is 30.0 Å². The lowest BCUT2D eigenvalue weighted by atomic mass is 10.1. The molecule has 124 valence electrons. The first kappa shape index (κ1) is 15.9. The van der Waals surface area contributed by atoms with Gasteiger partial charge in [0.25, 0.3) is 0 Å². The van der Waals surface area contributed by atoms with Gasteiger partial charge in [0.1, 0.15) is 11.6 Å². The van der Waals surface area contributed by atoms with E-state index in [0.29, 0.717) is 6.42 Å². The molecule has 0 bridgehead atoms. The second-order valence-electron chi connectivity index (χ2n) is 6.55. The number of hydrogen-bond acceptors (Lipinski definition) is 2. The third kappa shape index (κ3) is 3.21. The van der Waals surface area contributed by atoms with Crippen molar-refractivity contribution >= 4 is 11.9 Å². The molecule has 1 aromatic carbocycles. The van der Waals surface area contributed by atoms with Crippen molar-refractivity contribution in [3.8, 4) is 0 Å². The lowest BCUT2D eigenvalue weighted by molar-refractivity contribution is -0.143. The van der Waals surface area contributed by atoms with Crippen molar-refractivity contribution in [3.05, 3.63) is 35.4 Å². The van der Waals surface area contributed by atoms with Gasteiger partial charge in [0.05, 0.1) is 5.92 Å². The van der Waals surface area contributed by atoms with Crippen molar-refractivity contribution < 1.29 is 23.5 Å². The highest BCUT2D eigenvalue weighted by atomic mass is 19.1. The minimum Gasteiger partial charge on any atom is -0.481 e. The van der Waals surface area contributed by atoms with Crippen LogP contribution in [-0.2, 0) is 9.59 Å². The SMILES string of the molecule is C[C@H](CN(C(=O)[C@@H]1C[C@@H]1c1c(F)cccc1F)C1CC1)C(=O)O. The minimum atomic E-state index is -0.948. The van der Waals surface area contributed by atoms with Gasteiger partial charge in [-0.1, -0.05) is 13.0 Å². The molecule has 2 aliphatic rings. The number of nitrogens with zero attached hydrogens (tertiary/aromatic N) is 1. The maximum absolute atomic E-state index is 13.8. The number of carbonyl (C=O) groups is 2. The van der Waals surface area contributed by atoms with Gasteiger partial charge in [-0.3, -0.25) is 9.59 Å². The van der Waals surface area contributed by atoms with Crippen LogP contribution >= 0.6 is 0 Å².